The highest BCUT2D eigenvalue weighted by atomic mass is 16.6. The first-order chi connectivity index (χ1) is 5.52. The quantitative estimate of drug-likeness (QED) is 0.667. The second-order valence-corrected chi connectivity index (χ2v) is 3.02. The Morgan fingerprint density at radius 2 is 2.08 bits per heavy atom. The molecule has 0 spiro atoms. The maximum Gasteiger partial charge on any atom is 0.407 e. The van der Waals surface area contributed by atoms with Crippen LogP contribution in [0, 0.1) is 0 Å². The van der Waals surface area contributed by atoms with Crippen molar-refractivity contribution in [3.05, 3.63) is 0 Å². The third-order valence-electron chi connectivity index (χ3n) is 1.17. The lowest BCUT2D eigenvalue weighted by atomic mass is 10.3. The van der Waals surface area contributed by atoms with Crippen LogP contribution in [0.5, 0.6) is 0 Å². The zero-order chi connectivity index (χ0) is 9.56. The molecule has 0 saturated heterocycles. The summed E-state index contributed by atoms with van der Waals surface area (Å²) in [6.45, 7) is 5.70. The topological polar surface area (TPSA) is 58.6 Å². The van der Waals surface area contributed by atoms with Gasteiger partial charge in [0.1, 0.15) is 0 Å². The van der Waals surface area contributed by atoms with Crippen LogP contribution in [-0.2, 0) is 4.74 Å². The van der Waals surface area contributed by atoms with Crippen molar-refractivity contribution in [1.82, 2.24) is 5.32 Å². The van der Waals surface area contributed by atoms with Gasteiger partial charge >= 0.3 is 6.09 Å². The van der Waals surface area contributed by atoms with Gasteiger partial charge in [-0.3, -0.25) is 0 Å². The van der Waals surface area contributed by atoms with Crippen LogP contribution in [0.25, 0.3) is 0 Å². The lowest BCUT2D eigenvalue weighted by molar-refractivity contribution is 0.113. The summed E-state index contributed by atoms with van der Waals surface area (Å²) in [6, 6.07) is 0. The van der Waals surface area contributed by atoms with E-state index in [1.165, 1.54) is 0 Å². The maximum atomic E-state index is 10.8. The molecule has 0 heterocycles. The summed E-state index contributed by atoms with van der Waals surface area (Å²) in [5, 5.41) is 11.4. The van der Waals surface area contributed by atoms with Crippen molar-refractivity contribution in [2.24, 2.45) is 0 Å². The van der Waals surface area contributed by atoms with E-state index in [-0.39, 0.29) is 12.2 Å². The van der Waals surface area contributed by atoms with E-state index in [9.17, 15) is 4.79 Å². The molecule has 0 aliphatic carbocycles. The molecule has 2 N–H and O–H groups in total. The minimum Gasteiger partial charge on any atom is -0.447 e. The van der Waals surface area contributed by atoms with Gasteiger partial charge in [0.25, 0.3) is 0 Å². The van der Waals surface area contributed by atoms with Gasteiger partial charge < -0.3 is 15.2 Å². The average molecular weight is 175 g/mol. The van der Waals surface area contributed by atoms with Gasteiger partial charge in [-0.05, 0) is 27.2 Å². The van der Waals surface area contributed by atoms with Crippen LogP contribution in [0.15, 0.2) is 0 Å². The number of amides is 1. The Kier molecular flexibility index (Phi) is 5.45. The van der Waals surface area contributed by atoms with Crippen LogP contribution in [0.3, 0.4) is 0 Å². The number of nitrogens with one attached hydrogen (secondary N) is 1. The summed E-state index contributed by atoms with van der Waals surface area (Å²) >= 11 is 0. The summed E-state index contributed by atoms with van der Waals surface area (Å²) in [6.07, 6.45) is -0.362. The molecule has 0 aromatic carbocycles. The fourth-order valence-electron chi connectivity index (χ4n) is 0.639. The Hall–Kier alpha value is -0.770. The van der Waals surface area contributed by atoms with Crippen molar-refractivity contribution in [1.29, 1.82) is 0 Å². The molecule has 72 valence electrons. The first kappa shape index (κ1) is 11.2. The van der Waals surface area contributed by atoms with Gasteiger partial charge in [0.2, 0.25) is 0 Å². The number of rotatable bonds is 4. The first-order valence-electron chi connectivity index (χ1n) is 4.15. The molecule has 12 heavy (non-hydrogen) atoms. The molecular weight excluding hydrogens is 158 g/mol. The standard InChI is InChI=1S/C8H17NO3/c1-6(2)12-8(11)9-5-4-7(3)10/h6-7,10H,4-5H2,1-3H3,(H,9,11). The number of hydrogen-bond acceptors (Lipinski definition) is 3. The highest BCUT2D eigenvalue weighted by Gasteiger charge is 2.03. The molecular formula is C8H17NO3. The number of alkyl carbamates (subject to hydrolysis) is 1. The normalized spacial score (nSPS) is 12.8. The second-order valence-electron chi connectivity index (χ2n) is 3.02. The van der Waals surface area contributed by atoms with Gasteiger partial charge in [0.15, 0.2) is 0 Å². The van der Waals surface area contributed by atoms with Crippen molar-refractivity contribution >= 4 is 6.09 Å². The molecule has 4 heteroatoms. The molecule has 0 rings (SSSR count). The van der Waals surface area contributed by atoms with E-state index in [1.54, 1.807) is 20.8 Å². The monoisotopic (exact) mass is 175 g/mol. The van der Waals surface area contributed by atoms with Gasteiger partial charge in [-0.15, -0.1) is 0 Å². The largest absolute Gasteiger partial charge is 0.447 e. The summed E-state index contributed by atoms with van der Waals surface area (Å²) in [5.41, 5.74) is 0. The lowest BCUT2D eigenvalue weighted by Crippen LogP contribution is -2.29. The fourth-order valence-corrected chi connectivity index (χ4v) is 0.639. The van der Waals surface area contributed by atoms with Gasteiger partial charge in [0, 0.05) is 6.54 Å². The molecule has 1 atom stereocenters. The van der Waals surface area contributed by atoms with E-state index < -0.39 is 6.09 Å². The van der Waals surface area contributed by atoms with Gasteiger partial charge in [-0.1, -0.05) is 0 Å². The number of hydrogen-bond donors (Lipinski definition) is 2. The summed E-state index contributed by atoms with van der Waals surface area (Å²) in [5.74, 6) is 0. The Bertz CT molecular complexity index is 134. The van der Waals surface area contributed by atoms with Crippen molar-refractivity contribution in [2.45, 2.75) is 39.4 Å². The Labute approximate surface area is 72.9 Å². The summed E-state index contributed by atoms with van der Waals surface area (Å²) in [7, 11) is 0. The third-order valence-corrected chi connectivity index (χ3v) is 1.17. The minimum absolute atomic E-state index is 0.100. The van der Waals surface area contributed by atoms with E-state index in [4.69, 9.17) is 9.84 Å². The van der Waals surface area contributed by atoms with Crippen molar-refractivity contribution in [3.63, 3.8) is 0 Å². The van der Waals surface area contributed by atoms with E-state index in [1.807, 2.05) is 0 Å². The van der Waals surface area contributed by atoms with Gasteiger partial charge in [-0.2, -0.15) is 0 Å². The highest BCUT2D eigenvalue weighted by Crippen LogP contribution is 1.90. The van der Waals surface area contributed by atoms with Crippen molar-refractivity contribution < 1.29 is 14.6 Å². The summed E-state index contributed by atoms with van der Waals surface area (Å²) < 4.78 is 4.80. The third kappa shape index (κ3) is 7.34. The Morgan fingerprint density at radius 3 is 2.50 bits per heavy atom. The van der Waals surface area contributed by atoms with Crippen molar-refractivity contribution in [3.8, 4) is 0 Å². The predicted octanol–water partition coefficient (Wildman–Crippen LogP) is 0.892. The number of carbonyl (C=O) groups is 1. The number of aliphatic hydroxyl groups is 1. The zero-order valence-corrected chi connectivity index (χ0v) is 7.83. The SMILES string of the molecule is CC(O)CCNC(=O)OC(C)C. The Morgan fingerprint density at radius 1 is 1.50 bits per heavy atom. The average Bonchev–Trinajstić information content (AvgIpc) is 1.84. The molecule has 0 aliphatic rings. The van der Waals surface area contributed by atoms with Crippen LogP contribution in [0.2, 0.25) is 0 Å². The van der Waals surface area contributed by atoms with Crippen LogP contribution >= 0.6 is 0 Å². The zero-order valence-electron chi connectivity index (χ0n) is 7.83. The van der Waals surface area contributed by atoms with E-state index >= 15 is 0 Å². The number of aliphatic hydroxyl groups excluding tert-OH is 1. The molecule has 1 unspecified atom stereocenters. The molecule has 0 radical (unpaired) electrons. The van der Waals surface area contributed by atoms with Crippen LogP contribution < -0.4 is 5.32 Å². The maximum absolute atomic E-state index is 10.8. The van der Waals surface area contributed by atoms with Crippen molar-refractivity contribution in [2.75, 3.05) is 6.54 Å². The van der Waals surface area contributed by atoms with Crippen LogP contribution in [0.4, 0.5) is 4.79 Å². The van der Waals surface area contributed by atoms with E-state index in [0.717, 1.165) is 0 Å². The van der Waals surface area contributed by atoms with Gasteiger partial charge in [0.05, 0.1) is 12.2 Å². The molecule has 0 aliphatic heterocycles. The highest BCUT2D eigenvalue weighted by molar-refractivity contribution is 5.67. The molecule has 0 bridgehead atoms. The molecule has 1 amide bonds. The molecule has 0 saturated carbocycles. The molecule has 0 aromatic heterocycles. The molecule has 0 aromatic rings. The number of carbonyl (C=O) groups excluding carboxylic acids is 1. The minimum atomic E-state index is -0.425. The van der Waals surface area contributed by atoms with Gasteiger partial charge in [-0.25, -0.2) is 4.79 Å². The smallest absolute Gasteiger partial charge is 0.407 e. The predicted molar refractivity (Wildman–Crippen MR) is 45.9 cm³/mol. The summed E-state index contributed by atoms with van der Waals surface area (Å²) in [4.78, 5) is 10.8. The van der Waals surface area contributed by atoms with Crippen LogP contribution in [-0.4, -0.2) is 30.0 Å². The molecule has 4 nitrogen and oxygen atoms in total. The first-order valence-corrected chi connectivity index (χ1v) is 4.15. The van der Waals surface area contributed by atoms with E-state index in [0.29, 0.717) is 13.0 Å². The molecule has 0 fully saturated rings. The fraction of sp³-hybridized carbons (Fsp3) is 0.875. The number of ether oxygens (including phenoxy) is 1. The van der Waals surface area contributed by atoms with E-state index in [2.05, 4.69) is 5.32 Å². The van der Waals surface area contributed by atoms with Crippen LogP contribution in [0.1, 0.15) is 27.2 Å². The Balaban J connectivity index is 3.32. The lowest BCUT2D eigenvalue weighted by Gasteiger charge is -2.09. The second kappa shape index (κ2) is 5.83.